The first-order valence-corrected chi connectivity index (χ1v) is 8.90. The summed E-state index contributed by atoms with van der Waals surface area (Å²) in [6.07, 6.45) is 4.99. The third-order valence-corrected chi connectivity index (χ3v) is 5.29. The van der Waals surface area contributed by atoms with Gasteiger partial charge in [-0.25, -0.2) is 4.98 Å². The standard InChI is InChI=1S/C18H24N2O4/c21-18(13-5-10-22-11-6-13)20-9-4-15(17-14(20)7-12-23-17)24-16-3-1-2-8-19-16/h1-3,8,13-15,17H,4-7,9-12H2/t14-,15+,17-/m0/s1. The molecule has 130 valence electrons. The summed E-state index contributed by atoms with van der Waals surface area (Å²) >= 11 is 0. The predicted molar refractivity (Wildman–Crippen MR) is 86.7 cm³/mol. The molecule has 3 fully saturated rings. The minimum absolute atomic E-state index is 0.0360. The molecule has 6 heteroatoms. The number of nitrogens with zero attached hydrogens (tertiary/aromatic N) is 2. The lowest BCUT2D eigenvalue weighted by atomic mass is 9.91. The zero-order valence-electron chi connectivity index (χ0n) is 13.8. The second kappa shape index (κ2) is 7.07. The van der Waals surface area contributed by atoms with E-state index >= 15 is 0 Å². The van der Waals surface area contributed by atoms with Gasteiger partial charge in [0.05, 0.1) is 6.04 Å². The first-order valence-electron chi connectivity index (χ1n) is 8.90. The maximum absolute atomic E-state index is 12.9. The highest BCUT2D eigenvalue weighted by Gasteiger charge is 2.46. The Morgan fingerprint density at radius 2 is 2.04 bits per heavy atom. The van der Waals surface area contributed by atoms with E-state index in [0.717, 1.165) is 32.2 Å². The molecule has 4 rings (SSSR count). The quantitative estimate of drug-likeness (QED) is 0.842. The minimum atomic E-state index is -0.0513. The Morgan fingerprint density at radius 1 is 1.17 bits per heavy atom. The number of ether oxygens (including phenoxy) is 3. The van der Waals surface area contributed by atoms with Gasteiger partial charge in [0.25, 0.3) is 0 Å². The van der Waals surface area contributed by atoms with Gasteiger partial charge in [-0.2, -0.15) is 0 Å². The van der Waals surface area contributed by atoms with Crippen molar-refractivity contribution in [3.05, 3.63) is 24.4 Å². The predicted octanol–water partition coefficient (Wildman–Crippen LogP) is 1.65. The topological polar surface area (TPSA) is 60.9 Å². The van der Waals surface area contributed by atoms with Crippen LogP contribution in [0.3, 0.4) is 0 Å². The Hall–Kier alpha value is -1.66. The van der Waals surface area contributed by atoms with Crippen LogP contribution < -0.4 is 4.74 Å². The van der Waals surface area contributed by atoms with Crippen LogP contribution in [-0.4, -0.2) is 60.4 Å². The van der Waals surface area contributed by atoms with Crippen molar-refractivity contribution in [1.29, 1.82) is 0 Å². The van der Waals surface area contributed by atoms with Crippen molar-refractivity contribution in [2.24, 2.45) is 5.92 Å². The largest absolute Gasteiger partial charge is 0.471 e. The molecule has 0 saturated carbocycles. The highest BCUT2D eigenvalue weighted by molar-refractivity contribution is 5.79. The van der Waals surface area contributed by atoms with E-state index in [4.69, 9.17) is 14.2 Å². The van der Waals surface area contributed by atoms with Gasteiger partial charge in [-0.15, -0.1) is 0 Å². The lowest BCUT2D eigenvalue weighted by Crippen LogP contribution is -2.57. The molecule has 3 saturated heterocycles. The normalized spacial score (nSPS) is 30.8. The molecule has 0 radical (unpaired) electrons. The molecule has 3 aliphatic rings. The zero-order valence-corrected chi connectivity index (χ0v) is 13.8. The Bertz CT molecular complexity index is 561. The Labute approximate surface area is 142 Å². The molecule has 0 unspecified atom stereocenters. The number of fused-ring (bicyclic) bond motifs is 1. The molecule has 0 aromatic carbocycles. The summed E-state index contributed by atoms with van der Waals surface area (Å²) in [4.78, 5) is 19.2. The Kier molecular flexibility index (Phi) is 4.67. The monoisotopic (exact) mass is 332 g/mol. The number of likely N-dealkylation sites (tertiary alicyclic amines) is 1. The average Bonchev–Trinajstić information content (AvgIpc) is 3.13. The summed E-state index contributed by atoms with van der Waals surface area (Å²) in [6.45, 7) is 2.81. The van der Waals surface area contributed by atoms with E-state index in [-0.39, 0.29) is 30.1 Å². The molecular formula is C18H24N2O4. The molecule has 24 heavy (non-hydrogen) atoms. The molecule has 0 aliphatic carbocycles. The average molecular weight is 332 g/mol. The van der Waals surface area contributed by atoms with E-state index in [1.54, 1.807) is 6.20 Å². The van der Waals surface area contributed by atoms with E-state index < -0.39 is 0 Å². The van der Waals surface area contributed by atoms with Crippen molar-refractivity contribution >= 4 is 5.91 Å². The van der Waals surface area contributed by atoms with Gasteiger partial charge in [0.2, 0.25) is 11.8 Å². The zero-order chi connectivity index (χ0) is 16.4. The van der Waals surface area contributed by atoms with Crippen LogP contribution in [0.25, 0.3) is 0 Å². The number of aromatic nitrogens is 1. The number of hydrogen-bond acceptors (Lipinski definition) is 5. The van der Waals surface area contributed by atoms with E-state index in [1.165, 1.54) is 0 Å². The molecule has 1 aromatic heterocycles. The van der Waals surface area contributed by atoms with E-state index in [9.17, 15) is 4.79 Å². The molecule has 1 aromatic rings. The first-order chi connectivity index (χ1) is 11.8. The summed E-state index contributed by atoms with van der Waals surface area (Å²) in [5.41, 5.74) is 0. The maximum atomic E-state index is 12.9. The molecule has 6 nitrogen and oxygen atoms in total. The summed E-state index contributed by atoms with van der Waals surface area (Å²) in [6, 6.07) is 5.78. The fourth-order valence-corrected chi connectivity index (χ4v) is 4.04. The summed E-state index contributed by atoms with van der Waals surface area (Å²) in [7, 11) is 0. The van der Waals surface area contributed by atoms with Gasteiger partial charge >= 0.3 is 0 Å². The highest BCUT2D eigenvalue weighted by atomic mass is 16.5. The summed E-state index contributed by atoms with van der Waals surface area (Å²) in [5, 5.41) is 0. The first kappa shape index (κ1) is 15.8. The van der Waals surface area contributed by atoms with Crippen LogP contribution in [-0.2, 0) is 14.3 Å². The number of carbonyl (C=O) groups is 1. The van der Waals surface area contributed by atoms with Crippen LogP contribution in [0.1, 0.15) is 25.7 Å². The SMILES string of the molecule is O=C(C1CCOCC1)N1CC[C@@H](Oc2ccccn2)[C@H]2OCC[C@@H]21. The Morgan fingerprint density at radius 3 is 2.83 bits per heavy atom. The third-order valence-electron chi connectivity index (χ3n) is 5.29. The molecule has 4 heterocycles. The van der Waals surface area contributed by atoms with E-state index in [2.05, 4.69) is 4.98 Å². The summed E-state index contributed by atoms with van der Waals surface area (Å²) in [5.74, 6) is 1.00. The van der Waals surface area contributed by atoms with Gasteiger partial charge < -0.3 is 19.1 Å². The summed E-state index contributed by atoms with van der Waals surface area (Å²) < 4.78 is 17.4. The molecule has 0 spiro atoms. The smallest absolute Gasteiger partial charge is 0.226 e. The molecule has 0 N–H and O–H groups in total. The van der Waals surface area contributed by atoms with Crippen molar-refractivity contribution in [1.82, 2.24) is 9.88 Å². The lowest BCUT2D eigenvalue weighted by Gasteiger charge is -2.42. The second-order valence-corrected chi connectivity index (χ2v) is 6.72. The molecule has 0 bridgehead atoms. The lowest BCUT2D eigenvalue weighted by molar-refractivity contribution is -0.148. The van der Waals surface area contributed by atoms with Gasteiger partial charge in [-0.05, 0) is 25.3 Å². The van der Waals surface area contributed by atoms with Gasteiger partial charge in [-0.3, -0.25) is 4.79 Å². The Balaban J connectivity index is 1.44. The number of amides is 1. The second-order valence-electron chi connectivity index (χ2n) is 6.72. The van der Waals surface area contributed by atoms with Crippen molar-refractivity contribution < 1.29 is 19.0 Å². The van der Waals surface area contributed by atoms with Crippen molar-refractivity contribution in [2.45, 2.75) is 43.9 Å². The van der Waals surface area contributed by atoms with Crippen LogP contribution in [0.4, 0.5) is 0 Å². The van der Waals surface area contributed by atoms with Crippen LogP contribution in [0.2, 0.25) is 0 Å². The number of piperidine rings is 1. The van der Waals surface area contributed by atoms with Crippen LogP contribution in [0.5, 0.6) is 5.88 Å². The van der Waals surface area contributed by atoms with Gasteiger partial charge in [-0.1, -0.05) is 6.07 Å². The highest BCUT2D eigenvalue weighted by Crippen LogP contribution is 2.33. The van der Waals surface area contributed by atoms with Crippen molar-refractivity contribution in [3.8, 4) is 5.88 Å². The van der Waals surface area contributed by atoms with E-state index in [0.29, 0.717) is 25.7 Å². The van der Waals surface area contributed by atoms with Gasteiger partial charge in [0.1, 0.15) is 12.2 Å². The van der Waals surface area contributed by atoms with Gasteiger partial charge in [0.15, 0.2) is 0 Å². The van der Waals surface area contributed by atoms with Gasteiger partial charge in [0, 0.05) is 51.0 Å². The van der Waals surface area contributed by atoms with Crippen molar-refractivity contribution in [3.63, 3.8) is 0 Å². The van der Waals surface area contributed by atoms with Crippen molar-refractivity contribution in [2.75, 3.05) is 26.4 Å². The van der Waals surface area contributed by atoms with Crippen LogP contribution in [0.15, 0.2) is 24.4 Å². The molecule has 3 atom stereocenters. The number of pyridine rings is 1. The minimum Gasteiger partial charge on any atom is -0.471 e. The number of carbonyl (C=O) groups excluding carboxylic acids is 1. The molecule has 3 aliphatic heterocycles. The molecular weight excluding hydrogens is 308 g/mol. The van der Waals surface area contributed by atoms with E-state index in [1.807, 2.05) is 23.1 Å². The van der Waals surface area contributed by atoms with Crippen LogP contribution in [0, 0.1) is 5.92 Å². The third kappa shape index (κ3) is 3.13. The number of rotatable bonds is 3. The maximum Gasteiger partial charge on any atom is 0.226 e. The fraction of sp³-hybridized carbons (Fsp3) is 0.667. The fourth-order valence-electron chi connectivity index (χ4n) is 4.04. The van der Waals surface area contributed by atoms with Crippen LogP contribution >= 0.6 is 0 Å². The number of hydrogen-bond donors (Lipinski definition) is 0. The molecule has 1 amide bonds.